The highest BCUT2D eigenvalue weighted by Gasteiger charge is 2.29. The lowest BCUT2D eigenvalue weighted by Crippen LogP contribution is -2.28. The van der Waals surface area contributed by atoms with E-state index in [-0.39, 0.29) is 0 Å². The Labute approximate surface area is 97.0 Å². The maximum Gasteiger partial charge on any atom is 0.124 e. The smallest absolute Gasteiger partial charge is 0.124 e. The predicted octanol–water partition coefficient (Wildman–Crippen LogP) is 2.88. The summed E-state index contributed by atoms with van der Waals surface area (Å²) in [6, 6.07) is 5.75. The quantitative estimate of drug-likeness (QED) is 0.822. The average molecular weight is 217 g/mol. The van der Waals surface area contributed by atoms with Crippen LogP contribution in [0.4, 0.5) is 0 Å². The summed E-state index contributed by atoms with van der Waals surface area (Å²) in [5, 5.41) is 3.72. The van der Waals surface area contributed by atoms with Gasteiger partial charge < -0.3 is 10.1 Å². The molecule has 0 spiro atoms. The van der Waals surface area contributed by atoms with E-state index in [9.17, 15) is 0 Å². The Kier molecular flexibility index (Phi) is 2.40. The van der Waals surface area contributed by atoms with Crippen LogP contribution in [0.25, 0.3) is 0 Å². The molecule has 1 aromatic carbocycles. The van der Waals surface area contributed by atoms with Crippen LogP contribution in [-0.4, -0.2) is 12.6 Å². The minimum absolute atomic E-state index is 0.510. The first-order valence-corrected chi connectivity index (χ1v) is 6.24. The van der Waals surface area contributed by atoms with Crippen LogP contribution in [0.3, 0.4) is 0 Å². The molecule has 1 heterocycles. The molecule has 0 bridgehead atoms. The zero-order chi connectivity index (χ0) is 11.1. The van der Waals surface area contributed by atoms with E-state index in [1.54, 1.807) is 0 Å². The topological polar surface area (TPSA) is 21.3 Å². The summed E-state index contributed by atoms with van der Waals surface area (Å²) in [5.41, 5.74) is 4.05. The highest BCUT2D eigenvalue weighted by Crippen LogP contribution is 2.36. The van der Waals surface area contributed by atoms with Crippen LogP contribution in [0.15, 0.2) is 12.1 Å². The minimum atomic E-state index is 0.510. The normalized spacial score (nSPS) is 23.8. The SMILES string of the molecule is Cc1cc2c(cc1C)[C@@H](NC1CC1)CCO2. The zero-order valence-electron chi connectivity index (χ0n) is 10.0. The van der Waals surface area contributed by atoms with Crippen LogP contribution in [-0.2, 0) is 0 Å². The van der Waals surface area contributed by atoms with Crippen molar-refractivity contribution in [1.29, 1.82) is 0 Å². The summed E-state index contributed by atoms with van der Waals surface area (Å²) in [6.07, 6.45) is 3.79. The number of benzene rings is 1. The fourth-order valence-electron chi connectivity index (χ4n) is 2.36. The molecule has 1 fully saturated rings. The van der Waals surface area contributed by atoms with Crippen LogP contribution >= 0.6 is 0 Å². The standard InChI is InChI=1S/C14H19NO/c1-9-7-12-13(15-11-3-4-11)5-6-16-14(12)8-10(9)2/h7-8,11,13,15H,3-6H2,1-2H3/t13-/m0/s1. The maximum atomic E-state index is 5.75. The first-order valence-electron chi connectivity index (χ1n) is 6.24. The number of nitrogens with one attached hydrogen (secondary N) is 1. The molecule has 2 aliphatic rings. The molecule has 0 unspecified atom stereocenters. The van der Waals surface area contributed by atoms with E-state index in [1.165, 1.54) is 29.5 Å². The van der Waals surface area contributed by atoms with Crippen molar-refractivity contribution < 1.29 is 4.74 Å². The van der Waals surface area contributed by atoms with Crippen LogP contribution < -0.4 is 10.1 Å². The van der Waals surface area contributed by atoms with Crippen molar-refractivity contribution in [2.24, 2.45) is 0 Å². The van der Waals surface area contributed by atoms with Gasteiger partial charge in [-0.3, -0.25) is 0 Å². The van der Waals surface area contributed by atoms with Crippen LogP contribution in [0.1, 0.15) is 42.0 Å². The van der Waals surface area contributed by atoms with Gasteiger partial charge in [-0.05, 0) is 43.9 Å². The Morgan fingerprint density at radius 1 is 1.12 bits per heavy atom. The summed E-state index contributed by atoms with van der Waals surface area (Å²) in [6.45, 7) is 5.18. The van der Waals surface area contributed by atoms with Gasteiger partial charge in [0, 0.05) is 24.1 Å². The number of rotatable bonds is 2. The third-order valence-corrected chi connectivity index (χ3v) is 3.68. The van der Waals surface area contributed by atoms with Crippen molar-refractivity contribution in [2.45, 2.75) is 45.2 Å². The number of aryl methyl sites for hydroxylation is 2. The molecular formula is C14H19NO. The second kappa shape index (κ2) is 3.77. The molecule has 1 N–H and O–H groups in total. The summed E-state index contributed by atoms with van der Waals surface area (Å²) >= 11 is 0. The highest BCUT2D eigenvalue weighted by atomic mass is 16.5. The Hall–Kier alpha value is -1.02. The predicted molar refractivity (Wildman–Crippen MR) is 64.9 cm³/mol. The Bertz CT molecular complexity index is 409. The monoisotopic (exact) mass is 217 g/mol. The van der Waals surface area contributed by atoms with E-state index in [0.29, 0.717) is 6.04 Å². The summed E-state index contributed by atoms with van der Waals surface area (Å²) in [7, 11) is 0. The number of hydrogen-bond acceptors (Lipinski definition) is 2. The van der Waals surface area contributed by atoms with Crippen molar-refractivity contribution in [3.8, 4) is 5.75 Å². The molecule has 0 aromatic heterocycles. The van der Waals surface area contributed by atoms with Crippen molar-refractivity contribution in [3.63, 3.8) is 0 Å². The molecule has 3 rings (SSSR count). The van der Waals surface area contributed by atoms with E-state index < -0.39 is 0 Å². The maximum absolute atomic E-state index is 5.75. The van der Waals surface area contributed by atoms with Crippen LogP contribution in [0.5, 0.6) is 5.75 Å². The first-order chi connectivity index (χ1) is 7.74. The molecule has 1 aliphatic carbocycles. The van der Waals surface area contributed by atoms with Crippen molar-refractivity contribution in [1.82, 2.24) is 5.32 Å². The van der Waals surface area contributed by atoms with Gasteiger partial charge in [0.1, 0.15) is 5.75 Å². The molecule has 1 aliphatic heterocycles. The summed E-state index contributed by atoms with van der Waals surface area (Å²) in [5.74, 6) is 1.09. The lowest BCUT2D eigenvalue weighted by atomic mass is 9.96. The van der Waals surface area contributed by atoms with Crippen molar-refractivity contribution in [2.75, 3.05) is 6.61 Å². The second-order valence-corrected chi connectivity index (χ2v) is 5.10. The van der Waals surface area contributed by atoms with Gasteiger partial charge in [0.15, 0.2) is 0 Å². The van der Waals surface area contributed by atoms with Gasteiger partial charge in [-0.15, -0.1) is 0 Å². The molecule has 1 atom stereocenters. The molecule has 0 amide bonds. The van der Waals surface area contributed by atoms with E-state index in [0.717, 1.165) is 24.8 Å². The molecule has 16 heavy (non-hydrogen) atoms. The zero-order valence-corrected chi connectivity index (χ0v) is 10.0. The third-order valence-electron chi connectivity index (χ3n) is 3.68. The fourth-order valence-corrected chi connectivity index (χ4v) is 2.36. The van der Waals surface area contributed by atoms with Crippen molar-refractivity contribution in [3.05, 3.63) is 28.8 Å². The molecular weight excluding hydrogens is 198 g/mol. The van der Waals surface area contributed by atoms with E-state index in [2.05, 4.69) is 31.3 Å². The van der Waals surface area contributed by atoms with Gasteiger partial charge in [0.25, 0.3) is 0 Å². The Balaban J connectivity index is 1.93. The molecule has 0 saturated heterocycles. The van der Waals surface area contributed by atoms with Gasteiger partial charge in [-0.25, -0.2) is 0 Å². The molecule has 86 valence electrons. The second-order valence-electron chi connectivity index (χ2n) is 5.10. The largest absolute Gasteiger partial charge is 0.493 e. The minimum Gasteiger partial charge on any atom is -0.493 e. The Morgan fingerprint density at radius 3 is 2.62 bits per heavy atom. The average Bonchev–Trinajstić information content (AvgIpc) is 3.05. The number of hydrogen-bond donors (Lipinski definition) is 1. The van der Waals surface area contributed by atoms with Gasteiger partial charge >= 0.3 is 0 Å². The van der Waals surface area contributed by atoms with E-state index >= 15 is 0 Å². The fraction of sp³-hybridized carbons (Fsp3) is 0.571. The lowest BCUT2D eigenvalue weighted by molar-refractivity contribution is 0.252. The van der Waals surface area contributed by atoms with Crippen LogP contribution in [0, 0.1) is 13.8 Å². The van der Waals surface area contributed by atoms with E-state index in [1.807, 2.05) is 0 Å². The third kappa shape index (κ3) is 1.82. The summed E-state index contributed by atoms with van der Waals surface area (Å²) in [4.78, 5) is 0. The van der Waals surface area contributed by atoms with Gasteiger partial charge in [0.2, 0.25) is 0 Å². The molecule has 2 heteroatoms. The highest BCUT2D eigenvalue weighted by molar-refractivity contribution is 5.44. The van der Waals surface area contributed by atoms with Gasteiger partial charge in [-0.1, -0.05) is 6.07 Å². The van der Waals surface area contributed by atoms with Crippen LogP contribution in [0.2, 0.25) is 0 Å². The summed E-state index contributed by atoms with van der Waals surface area (Å²) < 4.78 is 5.75. The molecule has 2 nitrogen and oxygen atoms in total. The molecule has 1 saturated carbocycles. The van der Waals surface area contributed by atoms with E-state index in [4.69, 9.17) is 4.74 Å². The van der Waals surface area contributed by atoms with Gasteiger partial charge in [0.05, 0.1) is 6.61 Å². The first kappa shape index (κ1) is 10.2. The number of ether oxygens (including phenoxy) is 1. The van der Waals surface area contributed by atoms with Gasteiger partial charge in [-0.2, -0.15) is 0 Å². The Morgan fingerprint density at radius 2 is 1.88 bits per heavy atom. The molecule has 0 radical (unpaired) electrons. The van der Waals surface area contributed by atoms with Crippen molar-refractivity contribution >= 4 is 0 Å². The lowest BCUT2D eigenvalue weighted by Gasteiger charge is -2.28. The number of fused-ring (bicyclic) bond motifs is 1. The molecule has 1 aromatic rings.